The van der Waals surface area contributed by atoms with E-state index in [2.05, 4.69) is 4.74 Å². The highest BCUT2D eigenvalue weighted by molar-refractivity contribution is 6.08. The average Bonchev–Trinajstić information content (AvgIpc) is 2.53. The molecule has 2 rings (SSSR count). The van der Waals surface area contributed by atoms with Crippen molar-refractivity contribution >= 4 is 5.78 Å². The minimum absolute atomic E-state index is 0.0581. The minimum Gasteiger partial charge on any atom is -0.499 e. The summed E-state index contributed by atoms with van der Waals surface area (Å²) in [5.41, 5.74) is 0. The molecule has 0 saturated carbocycles. The number of carbonyl (C=O) groups is 1. The van der Waals surface area contributed by atoms with Crippen molar-refractivity contribution in [3.8, 4) is 0 Å². The summed E-state index contributed by atoms with van der Waals surface area (Å²) in [6.45, 7) is -0.405. The Balaban J connectivity index is 2.44. The number of aliphatic hydroxyl groups excluding tert-OH is 2. The van der Waals surface area contributed by atoms with Crippen LogP contribution < -0.4 is 0 Å². The number of Topliss-reactive ketones (excluding diaryl/α,β-unsaturated/α-hetero) is 1. The van der Waals surface area contributed by atoms with Gasteiger partial charge in [0, 0.05) is 0 Å². The van der Waals surface area contributed by atoms with Crippen LogP contribution >= 0.6 is 0 Å². The van der Waals surface area contributed by atoms with Crippen LogP contribution in [-0.2, 0) is 14.3 Å². The van der Waals surface area contributed by atoms with Crippen molar-refractivity contribution in [1.82, 2.24) is 0 Å². The summed E-state index contributed by atoms with van der Waals surface area (Å²) in [5.74, 6) is -1.44. The van der Waals surface area contributed by atoms with Gasteiger partial charge in [-0.3, -0.25) is 4.79 Å². The maximum atomic E-state index is 10.9. The highest BCUT2D eigenvalue weighted by Gasteiger charge is 2.41. The number of fused-ring (bicyclic) bond motifs is 2. The average molecular weight is 156 g/mol. The molecule has 58 valence electrons. The first-order chi connectivity index (χ1) is 5.24. The zero-order valence-corrected chi connectivity index (χ0v) is 5.33. The van der Waals surface area contributed by atoms with Crippen molar-refractivity contribution in [2.75, 3.05) is 6.61 Å². The zero-order valence-electron chi connectivity index (χ0n) is 5.33. The SMILES string of the molecule is O=C1C(O)=C2OC(CO)=C1O2. The summed E-state index contributed by atoms with van der Waals surface area (Å²) in [4.78, 5) is 10.9. The van der Waals surface area contributed by atoms with Gasteiger partial charge in [0.15, 0.2) is 5.76 Å². The van der Waals surface area contributed by atoms with Crippen LogP contribution in [0, 0.1) is 0 Å². The molecule has 0 aromatic carbocycles. The molecule has 0 aliphatic carbocycles. The van der Waals surface area contributed by atoms with Crippen LogP contribution in [0.1, 0.15) is 0 Å². The Bertz CT molecular complexity index is 298. The van der Waals surface area contributed by atoms with E-state index < -0.39 is 18.1 Å². The maximum Gasteiger partial charge on any atom is 0.338 e. The van der Waals surface area contributed by atoms with Gasteiger partial charge in [-0.1, -0.05) is 0 Å². The number of rotatable bonds is 1. The van der Waals surface area contributed by atoms with Gasteiger partial charge in [0.05, 0.1) is 0 Å². The van der Waals surface area contributed by atoms with Gasteiger partial charge in [0.2, 0.25) is 5.76 Å². The lowest BCUT2D eigenvalue weighted by atomic mass is 10.2. The summed E-state index contributed by atoms with van der Waals surface area (Å²) in [5, 5.41) is 17.4. The van der Waals surface area contributed by atoms with E-state index in [-0.39, 0.29) is 17.5 Å². The number of ether oxygens (including phenoxy) is 2. The molecule has 2 N–H and O–H groups in total. The molecule has 11 heavy (non-hydrogen) atoms. The van der Waals surface area contributed by atoms with E-state index in [1.165, 1.54) is 0 Å². The molecule has 2 bridgehead atoms. The van der Waals surface area contributed by atoms with Crippen LogP contribution in [0.5, 0.6) is 0 Å². The number of aliphatic hydroxyl groups is 2. The molecule has 0 spiro atoms. The van der Waals surface area contributed by atoms with Gasteiger partial charge >= 0.3 is 5.95 Å². The fraction of sp³-hybridized carbons (Fsp3) is 0.167. The Morgan fingerprint density at radius 2 is 2.09 bits per heavy atom. The Kier molecular flexibility index (Phi) is 0.998. The molecular formula is C6H4O5. The minimum atomic E-state index is -0.629. The summed E-state index contributed by atoms with van der Waals surface area (Å²) in [6.07, 6.45) is 0. The second-order valence-electron chi connectivity index (χ2n) is 2.08. The number of hydrogen-bond donors (Lipinski definition) is 2. The summed E-state index contributed by atoms with van der Waals surface area (Å²) in [6, 6.07) is 0. The lowest BCUT2D eigenvalue weighted by molar-refractivity contribution is -0.115. The zero-order chi connectivity index (χ0) is 8.01. The van der Waals surface area contributed by atoms with E-state index in [1.54, 1.807) is 0 Å². The number of ketones is 1. The van der Waals surface area contributed by atoms with E-state index in [9.17, 15) is 4.79 Å². The molecule has 2 aliphatic rings. The summed E-state index contributed by atoms with van der Waals surface area (Å²) >= 11 is 0. The van der Waals surface area contributed by atoms with Crippen molar-refractivity contribution < 1.29 is 24.5 Å². The van der Waals surface area contributed by atoms with E-state index in [0.717, 1.165) is 0 Å². The van der Waals surface area contributed by atoms with Crippen LogP contribution in [0.2, 0.25) is 0 Å². The van der Waals surface area contributed by atoms with Crippen molar-refractivity contribution in [1.29, 1.82) is 0 Å². The van der Waals surface area contributed by atoms with Gasteiger partial charge in [-0.2, -0.15) is 0 Å². The third kappa shape index (κ3) is 0.600. The molecule has 0 aromatic rings. The summed E-state index contributed by atoms with van der Waals surface area (Å²) in [7, 11) is 0. The van der Waals surface area contributed by atoms with Crippen LogP contribution in [0.25, 0.3) is 0 Å². The van der Waals surface area contributed by atoms with Gasteiger partial charge in [0.1, 0.15) is 6.61 Å². The normalized spacial score (nSPS) is 21.0. The molecule has 0 amide bonds. The number of hydrogen-bond acceptors (Lipinski definition) is 5. The molecule has 5 heteroatoms. The van der Waals surface area contributed by atoms with Crippen LogP contribution in [-0.4, -0.2) is 22.6 Å². The first kappa shape index (κ1) is 6.23. The summed E-state index contributed by atoms with van der Waals surface area (Å²) < 4.78 is 9.39. The van der Waals surface area contributed by atoms with Crippen molar-refractivity contribution in [3.63, 3.8) is 0 Å². The van der Waals surface area contributed by atoms with Gasteiger partial charge in [-0.25, -0.2) is 0 Å². The molecular weight excluding hydrogens is 152 g/mol. The van der Waals surface area contributed by atoms with Crippen molar-refractivity contribution in [2.24, 2.45) is 0 Å². The molecule has 2 heterocycles. The smallest absolute Gasteiger partial charge is 0.338 e. The van der Waals surface area contributed by atoms with Crippen molar-refractivity contribution in [2.45, 2.75) is 0 Å². The lowest BCUT2D eigenvalue weighted by Gasteiger charge is -2.00. The molecule has 2 aliphatic heterocycles. The molecule has 5 nitrogen and oxygen atoms in total. The second-order valence-corrected chi connectivity index (χ2v) is 2.08. The molecule has 0 atom stereocenters. The fourth-order valence-electron chi connectivity index (χ4n) is 0.903. The maximum absolute atomic E-state index is 10.9. The first-order valence-corrected chi connectivity index (χ1v) is 2.91. The molecule has 0 radical (unpaired) electrons. The second kappa shape index (κ2) is 1.76. The van der Waals surface area contributed by atoms with E-state index >= 15 is 0 Å². The predicted octanol–water partition coefficient (Wildman–Crippen LogP) is -0.453. The van der Waals surface area contributed by atoms with Crippen LogP contribution in [0.15, 0.2) is 23.2 Å². The van der Waals surface area contributed by atoms with E-state index in [4.69, 9.17) is 14.9 Å². The highest BCUT2D eigenvalue weighted by atomic mass is 16.7. The Morgan fingerprint density at radius 3 is 2.55 bits per heavy atom. The third-order valence-corrected chi connectivity index (χ3v) is 1.42. The monoisotopic (exact) mass is 156 g/mol. The van der Waals surface area contributed by atoms with Gasteiger partial charge < -0.3 is 19.7 Å². The van der Waals surface area contributed by atoms with Gasteiger partial charge in [0.25, 0.3) is 11.5 Å². The van der Waals surface area contributed by atoms with Gasteiger partial charge in [-0.05, 0) is 0 Å². The molecule has 0 unspecified atom stereocenters. The van der Waals surface area contributed by atoms with Crippen LogP contribution in [0.3, 0.4) is 0 Å². The topological polar surface area (TPSA) is 76.0 Å². The lowest BCUT2D eigenvalue weighted by Crippen LogP contribution is -2.08. The predicted molar refractivity (Wildman–Crippen MR) is 30.9 cm³/mol. The van der Waals surface area contributed by atoms with Crippen LogP contribution in [0.4, 0.5) is 0 Å². The molecule has 0 fully saturated rings. The highest BCUT2D eigenvalue weighted by Crippen LogP contribution is 2.34. The fourth-order valence-corrected chi connectivity index (χ4v) is 0.903. The largest absolute Gasteiger partial charge is 0.499 e. The van der Waals surface area contributed by atoms with Gasteiger partial charge in [-0.15, -0.1) is 0 Å². The number of carbonyl (C=O) groups excluding carboxylic acids is 1. The molecule has 0 saturated heterocycles. The molecule has 0 aromatic heterocycles. The Labute approximate surface area is 61.2 Å². The first-order valence-electron chi connectivity index (χ1n) is 2.91. The van der Waals surface area contributed by atoms with E-state index in [0.29, 0.717) is 0 Å². The Morgan fingerprint density at radius 1 is 1.36 bits per heavy atom. The third-order valence-electron chi connectivity index (χ3n) is 1.42. The standard InChI is InChI=1S/C6H4O5/c7-1-2-5-3(8)4(9)6(10-2)11-5/h7,9H,1H2. The quantitative estimate of drug-likeness (QED) is 0.537. The van der Waals surface area contributed by atoms with Crippen molar-refractivity contribution in [3.05, 3.63) is 23.2 Å². The van der Waals surface area contributed by atoms with E-state index in [1.807, 2.05) is 0 Å². The Hall–Kier alpha value is -1.49.